The number of hydrogen-bond donors (Lipinski definition) is 1. The first kappa shape index (κ1) is 11.4. The number of piperidine rings is 2. The van der Waals surface area contributed by atoms with Gasteiger partial charge in [-0.25, -0.2) is 0 Å². The maximum Gasteiger partial charge on any atom is 0.0175 e. The molecule has 2 fully saturated rings. The maximum atomic E-state index is 5.58. The minimum absolute atomic E-state index is 0.566. The lowest BCUT2D eigenvalue weighted by Gasteiger charge is -2.45. The third-order valence-corrected chi connectivity index (χ3v) is 3.93. The fraction of sp³-hybridized carbons (Fsp3) is 0.833. The van der Waals surface area contributed by atoms with E-state index >= 15 is 0 Å². The van der Waals surface area contributed by atoms with Gasteiger partial charge in [-0.1, -0.05) is 17.7 Å². The smallest absolute Gasteiger partial charge is 0.0175 e. The van der Waals surface area contributed by atoms with Crippen molar-refractivity contribution in [3.63, 3.8) is 0 Å². The van der Waals surface area contributed by atoms with E-state index in [9.17, 15) is 0 Å². The number of nitrogens with one attached hydrogen (secondary N) is 1. The Balaban J connectivity index is 1.90. The van der Waals surface area contributed by atoms with Crippen LogP contribution in [0.2, 0.25) is 0 Å². The van der Waals surface area contributed by atoms with Crippen LogP contribution in [0.25, 0.3) is 0 Å². The van der Waals surface area contributed by atoms with Crippen LogP contribution < -0.4 is 5.32 Å². The van der Waals surface area contributed by atoms with E-state index in [0.717, 1.165) is 6.54 Å². The predicted molar refractivity (Wildman–Crippen MR) is 65.2 cm³/mol. The summed E-state index contributed by atoms with van der Waals surface area (Å²) in [5.74, 6) is 0. The van der Waals surface area contributed by atoms with Gasteiger partial charge in [-0.3, -0.25) is 4.90 Å². The molecular weight excluding hydrogens is 208 g/mol. The summed E-state index contributed by atoms with van der Waals surface area (Å²) in [6, 6.07) is 0. The Bertz CT molecular complexity index is 216. The highest BCUT2D eigenvalue weighted by atomic mass is 35.5. The van der Waals surface area contributed by atoms with Gasteiger partial charge in [0.25, 0.3) is 0 Å². The Kier molecular flexibility index (Phi) is 4.06. The molecule has 0 aromatic carbocycles. The molecule has 3 heteroatoms. The summed E-state index contributed by atoms with van der Waals surface area (Å²) in [4.78, 5) is 2.54. The molecule has 0 radical (unpaired) electrons. The zero-order valence-electron chi connectivity index (χ0n) is 9.34. The Labute approximate surface area is 97.7 Å². The second-order valence-corrected chi connectivity index (χ2v) is 5.23. The number of nitrogens with zero attached hydrogens (tertiary/aromatic N) is 1. The number of hydrogen-bond acceptors (Lipinski definition) is 2. The van der Waals surface area contributed by atoms with Crippen molar-refractivity contribution in [2.45, 2.75) is 25.7 Å². The zero-order valence-corrected chi connectivity index (χ0v) is 10.1. The minimum Gasteiger partial charge on any atom is -0.316 e. The molecule has 2 rings (SSSR count). The molecule has 0 amide bonds. The first-order valence-electron chi connectivity index (χ1n) is 6.03. The van der Waals surface area contributed by atoms with Gasteiger partial charge in [0.2, 0.25) is 0 Å². The molecule has 2 heterocycles. The predicted octanol–water partition coefficient (Wildman–Crippen LogP) is 2.20. The molecule has 2 nitrogen and oxygen atoms in total. The Morgan fingerprint density at radius 1 is 1.33 bits per heavy atom. The average molecular weight is 229 g/mol. The van der Waals surface area contributed by atoms with Crippen molar-refractivity contribution in [2.24, 2.45) is 5.41 Å². The summed E-state index contributed by atoms with van der Waals surface area (Å²) in [7, 11) is 0. The van der Waals surface area contributed by atoms with Crippen molar-refractivity contribution in [1.82, 2.24) is 10.2 Å². The average Bonchev–Trinajstić information content (AvgIpc) is 2.28. The monoisotopic (exact) mass is 228 g/mol. The highest BCUT2D eigenvalue weighted by Gasteiger charge is 2.35. The number of likely N-dealkylation sites (tertiary alicyclic amines) is 1. The summed E-state index contributed by atoms with van der Waals surface area (Å²) < 4.78 is 0. The second kappa shape index (κ2) is 5.33. The lowest BCUT2D eigenvalue weighted by Crippen LogP contribution is -2.51. The molecule has 0 aromatic rings. The number of rotatable bonds is 2. The molecule has 0 aliphatic carbocycles. The van der Waals surface area contributed by atoms with E-state index in [1.165, 1.54) is 51.9 Å². The molecular formula is C12H21ClN2. The molecule has 0 aromatic heterocycles. The van der Waals surface area contributed by atoms with Crippen molar-refractivity contribution in [3.8, 4) is 0 Å². The maximum absolute atomic E-state index is 5.58. The van der Waals surface area contributed by atoms with Gasteiger partial charge in [0, 0.05) is 25.2 Å². The van der Waals surface area contributed by atoms with Crippen molar-refractivity contribution < 1.29 is 0 Å². The van der Waals surface area contributed by atoms with Crippen LogP contribution in [0.5, 0.6) is 0 Å². The standard InChI is InChI=1S/C12H21ClN2/c13-6-3-9-15-8-2-5-12(11-15)4-1-7-14-10-12/h3,6,14H,1-2,4-5,7-11H2/b6-3+. The van der Waals surface area contributed by atoms with Gasteiger partial charge in [-0.05, 0) is 44.2 Å². The fourth-order valence-electron chi connectivity index (χ4n) is 3.03. The molecule has 2 aliphatic rings. The van der Waals surface area contributed by atoms with Crippen LogP contribution in [-0.2, 0) is 0 Å². The Hall–Kier alpha value is -0.0500. The van der Waals surface area contributed by atoms with Gasteiger partial charge >= 0.3 is 0 Å². The molecule has 2 saturated heterocycles. The fourth-order valence-corrected chi connectivity index (χ4v) is 3.11. The largest absolute Gasteiger partial charge is 0.316 e. The summed E-state index contributed by atoms with van der Waals surface area (Å²) in [6.07, 6.45) is 7.55. The van der Waals surface area contributed by atoms with E-state index in [0.29, 0.717) is 5.41 Å². The summed E-state index contributed by atoms with van der Waals surface area (Å²) in [6.45, 7) is 5.94. The highest BCUT2D eigenvalue weighted by Crippen LogP contribution is 2.35. The lowest BCUT2D eigenvalue weighted by molar-refractivity contribution is 0.0720. The third-order valence-electron chi connectivity index (χ3n) is 3.75. The molecule has 2 aliphatic heterocycles. The first-order chi connectivity index (χ1) is 7.35. The Morgan fingerprint density at radius 3 is 2.93 bits per heavy atom. The Morgan fingerprint density at radius 2 is 2.20 bits per heavy atom. The van der Waals surface area contributed by atoms with Crippen molar-refractivity contribution in [3.05, 3.63) is 11.6 Å². The molecule has 0 saturated carbocycles. The zero-order chi connectivity index (χ0) is 10.6. The second-order valence-electron chi connectivity index (χ2n) is 4.98. The van der Waals surface area contributed by atoms with Gasteiger partial charge in [0.15, 0.2) is 0 Å². The summed E-state index contributed by atoms with van der Waals surface area (Å²) in [5.41, 5.74) is 2.21. The van der Waals surface area contributed by atoms with E-state index in [4.69, 9.17) is 11.6 Å². The normalized spacial score (nSPS) is 33.9. The lowest BCUT2D eigenvalue weighted by atomic mass is 9.74. The van der Waals surface area contributed by atoms with Crippen molar-refractivity contribution in [1.29, 1.82) is 0 Å². The van der Waals surface area contributed by atoms with Gasteiger partial charge in [-0.2, -0.15) is 0 Å². The van der Waals surface area contributed by atoms with Gasteiger partial charge in [0.05, 0.1) is 0 Å². The molecule has 1 unspecified atom stereocenters. The SMILES string of the molecule is Cl/C=C/CN1CCCC2(CCCNC2)C1. The molecule has 0 bridgehead atoms. The molecule has 86 valence electrons. The topological polar surface area (TPSA) is 15.3 Å². The van der Waals surface area contributed by atoms with Crippen LogP contribution in [0.15, 0.2) is 11.6 Å². The summed E-state index contributed by atoms with van der Waals surface area (Å²) >= 11 is 5.58. The van der Waals surface area contributed by atoms with E-state index in [2.05, 4.69) is 16.3 Å². The third kappa shape index (κ3) is 2.96. The minimum atomic E-state index is 0.566. The quantitative estimate of drug-likeness (QED) is 0.780. The van der Waals surface area contributed by atoms with Crippen LogP contribution in [0, 0.1) is 5.41 Å². The van der Waals surface area contributed by atoms with Crippen LogP contribution in [0.4, 0.5) is 0 Å². The van der Waals surface area contributed by atoms with E-state index in [-0.39, 0.29) is 0 Å². The van der Waals surface area contributed by atoms with Gasteiger partial charge in [0.1, 0.15) is 0 Å². The van der Waals surface area contributed by atoms with E-state index < -0.39 is 0 Å². The molecule has 15 heavy (non-hydrogen) atoms. The molecule has 1 atom stereocenters. The van der Waals surface area contributed by atoms with E-state index in [1.54, 1.807) is 5.54 Å². The number of halogens is 1. The van der Waals surface area contributed by atoms with E-state index in [1.807, 2.05) is 0 Å². The first-order valence-corrected chi connectivity index (χ1v) is 6.47. The van der Waals surface area contributed by atoms with Crippen LogP contribution >= 0.6 is 11.6 Å². The van der Waals surface area contributed by atoms with Crippen LogP contribution in [0.3, 0.4) is 0 Å². The van der Waals surface area contributed by atoms with Crippen molar-refractivity contribution >= 4 is 11.6 Å². The van der Waals surface area contributed by atoms with Crippen LogP contribution in [0.1, 0.15) is 25.7 Å². The molecule has 1 spiro atoms. The van der Waals surface area contributed by atoms with Gasteiger partial charge < -0.3 is 5.32 Å². The van der Waals surface area contributed by atoms with Crippen LogP contribution in [-0.4, -0.2) is 37.6 Å². The van der Waals surface area contributed by atoms with Crippen molar-refractivity contribution in [2.75, 3.05) is 32.7 Å². The highest BCUT2D eigenvalue weighted by molar-refractivity contribution is 6.25. The molecule has 1 N–H and O–H groups in total. The summed E-state index contributed by atoms with van der Waals surface area (Å²) in [5, 5.41) is 3.55. The van der Waals surface area contributed by atoms with Gasteiger partial charge in [-0.15, -0.1) is 0 Å².